The number of rotatable bonds is 3. The molecule has 1 aromatic heterocycles. The summed E-state index contributed by atoms with van der Waals surface area (Å²) in [6.45, 7) is -1.88. The molecule has 1 rings (SSSR count). The van der Waals surface area contributed by atoms with E-state index < -0.39 is 12.8 Å². The molecule has 0 amide bonds. The van der Waals surface area contributed by atoms with E-state index in [1.165, 1.54) is 6.20 Å². The molecule has 6 heteroatoms. The zero-order valence-electron chi connectivity index (χ0n) is 5.88. The van der Waals surface area contributed by atoms with Crippen LogP contribution in [0.25, 0.3) is 0 Å². The third kappa shape index (κ3) is 2.37. The van der Waals surface area contributed by atoms with Crippen LogP contribution in [-0.4, -0.2) is 22.8 Å². The average molecular weight is 178 g/mol. The van der Waals surface area contributed by atoms with Gasteiger partial charge in [0.1, 0.15) is 6.33 Å². The molecule has 0 N–H and O–H groups in total. The summed E-state index contributed by atoms with van der Waals surface area (Å²) < 4.78 is 39.8. The highest BCUT2D eigenvalue weighted by atomic mass is 19.3. The first-order chi connectivity index (χ1) is 5.64. The summed E-state index contributed by atoms with van der Waals surface area (Å²) in [5, 5.41) is 0. The van der Waals surface area contributed by atoms with Gasteiger partial charge >= 0.3 is 6.11 Å². The monoisotopic (exact) mass is 178 g/mol. The number of alkyl halides is 3. The summed E-state index contributed by atoms with van der Waals surface area (Å²) in [6.07, 6.45) is -1.56. The van der Waals surface area contributed by atoms with Gasteiger partial charge < -0.3 is 4.74 Å². The van der Waals surface area contributed by atoms with Gasteiger partial charge in [-0.05, 0) is 0 Å². The summed E-state index contributed by atoms with van der Waals surface area (Å²) >= 11 is 0. The Hall–Kier alpha value is -1.33. The largest absolute Gasteiger partial charge is 0.428 e. The Morgan fingerprint density at radius 1 is 1.50 bits per heavy atom. The summed E-state index contributed by atoms with van der Waals surface area (Å²) in [7, 11) is 0. The third-order valence-corrected chi connectivity index (χ3v) is 0.964. The fourth-order valence-electron chi connectivity index (χ4n) is 0.519. The summed E-state index contributed by atoms with van der Waals surface area (Å²) in [4.78, 5) is 6.80. The molecule has 0 saturated heterocycles. The maximum atomic E-state index is 12.2. The first kappa shape index (κ1) is 8.76. The van der Waals surface area contributed by atoms with Crippen LogP contribution < -0.4 is 4.74 Å². The van der Waals surface area contributed by atoms with Crippen LogP contribution in [0.1, 0.15) is 0 Å². The number of aromatic nitrogens is 2. The van der Waals surface area contributed by atoms with Crippen LogP contribution >= 0.6 is 0 Å². The molecule has 1 heterocycles. The molecule has 0 bridgehead atoms. The fourth-order valence-corrected chi connectivity index (χ4v) is 0.519. The average Bonchev–Trinajstić information content (AvgIpc) is 2.06. The van der Waals surface area contributed by atoms with E-state index >= 15 is 0 Å². The van der Waals surface area contributed by atoms with Gasteiger partial charge in [0.2, 0.25) is 5.88 Å². The van der Waals surface area contributed by atoms with Crippen LogP contribution in [0.2, 0.25) is 0 Å². The molecule has 12 heavy (non-hydrogen) atoms. The molecule has 0 spiro atoms. The molecule has 0 atom stereocenters. The zero-order valence-corrected chi connectivity index (χ0v) is 5.88. The Balaban J connectivity index is 2.64. The predicted molar refractivity (Wildman–Crippen MR) is 33.6 cm³/mol. The smallest absolute Gasteiger partial charge is 0.413 e. The second-order valence-corrected chi connectivity index (χ2v) is 1.92. The highest BCUT2D eigenvalue weighted by molar-refractivity contribution is 5.04. The highest BCUT2D eigenvalue weighted by Gasteiger charge is 2.31. The molecule has 0 aliphatic carbocycles. The van der Waals surface area contributed by atoms with Gasteiger partial charge in [0.25, 0.3) is 0 Å². The van der Waals surface area contributed by atoms with E-state index in [4.69, 9.17) is 0 Å². The fraction of sp³-hybridized carbons (Fsp3) is 0.333. The minimum atomic E-state index is -3.81. The number of hydrogen-bond donors (Lipinski definition) is 0. The first-order valence-corrected chi connectivity index (χ1v) is 3.03. The Morgan fingerprint density at radius 3 is 2.75 bits per heavy atom. The van der Waals surface area contributed by atoms with Crippen molar-refractivity contribution in [1.82, 2.24) is 9.97 Å². The molecule has 0 aliphatic heterocycles. The quantitative estimate of drug-likeness (QED) is 0.702. The molecule has 66 valence electrons. The zero-order chi connectivity index (χ0) is 9.03. The second kappa shape index (κ2) is 3.38. The summed E-state index contributed by atoms with van der Waals surface area (Å²) in [6, 6.07) is 1.11. The van der Waals surface area contributed by atoms with Crippen LogP contribution in [0.5, 0.6) is 5.88 Å². The molecule has 0 aromatic carbocycles. The second-order valence-electron chi connectivity index (χ2n) is 1.92. The van der Waals surface area contributed by atoms with Gasteiger partial charge in [-0.3, -0.25) is 0 Å². The Bertz CT molecular complexity index is 242. The number of halogens is 3. The lowest BCUT2D eigenvalue weighted by Gasteiger charge is -2.12. The van der Waals surface area contributed by atoms with Gasteiger partial charge in [-0.1, -0.05) is 0 Å². The maximum absolute atomic E-state index is 12.2. The molecule has 0 unspecified atom stereocenters. The van der Waals surface area contributed by atoms with E-state index in [1.807, 2.05) is 0 Å². The minimum Gasteiger partial charge on any atom is -0.413 e. The molecule has 1 aromatic rings. The lowest BCUT2D eigenvalue weighted by atomic mass is 10.6. The van der Waals surface area contributed by atoms with Gasteiger partial charge in [0.05, 0.1) is 0 Å². The minimum absolute atomic E-state index is 0.354. The van der Waals surface area contributed by atoms with Crippen molar-refractivity contribution in [1.29, 1.82) is 0 Å². The van der Waals surface area contributed by atoms with Crippen LogP contribution in [0.4, 0.5) is 13.2 Å². The summed E-state index contributed by atoms with van der Waals surface area (Å²) in [5.74, 6) is -0.354. The van der Waals surface area contributed by atoms with Gasteiger partial charge in [0.15, 0.2) is 6.67 Å². The van der Waals surface area contributed by atoms with E-state index in [9.17, 15) is 13.2 Å². The molecule has 0 fully saturated rings. The van der Waals surface area contributed by atoms with E-state index in [0.717, 1.165) is 12.4 Å². The van der Waals surface area contributed by atoms with Crippen molar-refractivity contribution in [2.45, 2.75) is 6.11 Å². The lowest BCUT2D eigenvalue weighted by Crippen LogP contribution is -2.27. The van der Waals surface area contributed by atoms with Crippen molar-refractivity contribution >= 4 is 0 Å². The molecule has 3 nitrogen and oxygen atoms in total. The SMILES string of the molecule is FCC(F)(F)Oc1ccncn1. The Labute approximate surface area is 66.2 Å². The molecular weight excluding hydrogens is 173 g/mol. The first-order valence-electron chi connectivity index (χ1n) is 3.03. The van der Waals surface area contributed by atoms with Crippen molar-refractivity contribution in [2.75, 3.05) is 6.67 Å². The van der Waals surface area contributed by atoms with Crippen molar-refractivity contribution in [3.8, 4) is 5.88 Å². The maximum Gasteiger partial charge on any atom is 0.428 e. The van der Waals surface area contributed by atoms with E-state index in [1.54, 1.807) is 0 Å². The Kier molecular flexibility index (Phi) is 2.47. The van der Waals surface area contributed by atoms with Gasteiger partial charge in [-0.2, -0.15) is 8.78 Å². The van der Waals surface area contributed by atoms with E-state index in [-0.39, 0.29) is 5.88 Å². The van der Waals surface area contributed by atoms with Crippen LogP contribution in [0.15, 0.2) is 18.6 Å². The number of hydrogen-bond acceptors (Lipinski definition) is 3. The molecule has 0 aliphatic rings. The third-order valence-electron chi connectivity index (χ3n) is 0.964. The van der Waals surface area contributed by atoms with Crippen molar-refractivity contribution in [2.24, 2.45) is 0 Å². The van der Waals surface area contributed by atoms with Crippen molar-refractivity contribution in [3.63, 3.8) is 0 Å². The van der Waals surface area contributed by atoms with E-state index in [2.05, 4.69) is 14.7 Å². The van der Waals surface area contributed by atoms with Gasteiger partial charge in [-0.25, -0.2) is 14.4 Å². The Morgan fingerprint density at radius 2 is 2.25 bits per heavy atom. The number of nitrogens with zero attached hydrogens (tertiary/aromatic N) is 2. The normalized spacial score (nSPS) is 11.2. The predicted octanol–water partition coefficient (Wildman–Crippen LogP) is 1.42. The van der Waals surface area contributed by atoms with Crippen LogP contribution in [-0.2, 0) is 0 Å². The van der Waals surface area contributed by atoms with Gasteiger partial charge in [-0.15, -0.1) is 0 Å². The number of ether oxygens (including phenoxy) is 1. The van der Waals surface area contributed by atoms with Gasteiger partial charge in [0, 0.05) is 12.3 Å². The molecular formula is C6H5F3N2O. The van der Waals surface area contributed by atoms with Crippen molar-refractivity contribution < 1.29 is 17.9 Å². The van der Waals surface area contributed by atoms with Crippen LogP contribution in [0, 0.1) is 0 Å². The highest BCUT2D eigenvalue weighted by Crippen LogP contribution is 2.18. The van der Waals surface area contributed by atoms with E-state index in [0.29, 0.717) is 0 Å². The topological polar surface area (TPSA) is 35.0 Å². The van der Waals surface area contributed by atoms with Crippen molar-refractivity contribution in [3.05, 3.63) is 18.6 Å². The standard InChI is InChI=1S/C6H5F3N2O/c7-3-6(8,9)12-5-1-2-10-4-11-5/h1-2,4H,3H2. The van der Waals surface area contributed by atoms with Crippen LogP contribution in [0.3, 0.4) is 0 Å². The lowest BCUT2D eigenvalue weighted by molar-refractivity contribution is -0.188. The molecule has 0 radical (unpaired) electrons. The molecule has 0 saturated carbocycles. The summed E-state index contributed by atoms with van der Waals surface area (Å²) in [5.41, 5.74) is 0.